The van der Waals surface area contributed by atoms with Crippen LogP contribution in [0.2, 0.25) is 0 Å². The fourth-order valence-electron chi connectivity index (χ4n) is 3.67. The van der Waals surface area contributed by atoms with Crippen molar-refractivity contribution in [3.63, 3.8) is 0 Å². The summed E-state index contributed by atoms with van der Waals surface area (Å²) in [5.41, 5.74) is 1.18. The quantitative estimate of drug-likeness (QED) is 0.564. The Morgan fingerprint density at radius 2 is 1.79 bits per heavy atom. The molecular weight excluding hydrogens is 384 g/mol. The van der Waals surface area contributed by atoms with Crippen LogP contribution in [0.3, 0.4) is 0 Å². The van der Waals surface area contributed by atoms with E-state index in [1.165, 1.54) is 22.8 Å². The number of furan rings is 1. The summed E-state index contributed by atoms with van der Waals surface area (Å²) >= 11 is 0. The van der Waals surface area contributed by atoms with E-state index in [9.17, 15) is 4.79 Å². The van der Waals surface area contributed by atoms with Crippen molar-refractivity contribution in [1.29, 1.82) is 0 Å². The maximum atomic E-state index is 13.4. The summed E-state index contributed by atoms with van der Waals surface area (Å²) in [5.74, 6) is -0.422. The summed E-state index contributed by atoms with van der Waals surface area (Å²) in [5, 5.41) is 0. The molecule has 0 atom stereocenters. The summed E-state index contributed by atoms with van der Waals surface area (Å²) < 4.78 is 46.1. The van der Waals surface area contributed by atoms with E-state index in [0.29, 0.717) is 12.8 Å². The van der Waals surface area contributed by atoms with E-state index >= 15 is 0 Å². The van der Waals surface area contributed by atoms with Crippen molar-refractivity contribution in [2.45, 2.75) is 25.3 Å². The van der Waals surface area contributed by atoms with Gasteiger partial charge in [-0.1, -0.05) is 48.5 Å². The highest BCUT2D eigenvalue weighted by Gasteiger charge is 2.30. The zero-order valence-electron chi connectivity index (χ0n) is 21.1. The van der Waals surface area contributed by atoms with Gasteiger partial charge in [0.05, 0.1) is 13.1 Å². The molecule has 1 amide bonds. The highest BCUT2D eigenvalue weighted by atomic mass is 35.5. The van der Waals surface area contributed by atoms with Crippen molar-refractivity contribution >= 4 is 24.0 Å². The molecule has 2 heterocycles. The predicted octanol–water partition coefficient (Wildman–Crippen LogP) is 5.06. The van der Waals surface area contributed by atoms with Gasteiger partial charge < -0.3 is 14.2 Å². The standard InChI is InChI=1S/C24H26N2O2.ClH/c27-24(23-12-7-19-28-23)26(21-10-5-2-6-11-21)22-14-17-25(18-15-22)16-13-20-8-3-1-4-9-20;/h1-12,19,22H,13-18H2;1H/i2D,5D,6D,10D,11D;. The molecule has 4 rings (SSSR count). The van der Waals surface area contributed by atoms with Crippen LogP contribution in [0.1, 0.15) is 35.8 Å². The fourth-order valence-corrected chi connectivity index (χ4v) is 3.67. The summed E-state index contributed by atoms with van der Waals surface area (Å²) in [6.45, 7) is 2.40. The normalized spacial score (nSPS) is 17.3. The Bertz CT molecular complexity index is 1090. The Hall–Kier alpha value is -2.56. The van der Waals surface area contributed by atoms with E-state index in [-0.39, 0.29) is 42.0 Å². The first-order valence-electron chi connectivity index (χ1n) is 12.1. The van der Waals surface area contributed by atoms with E-state index < -0.39 is 24.0 Å². The van der Waals surface area contributed by atoms with Crippen molar-refractivity contribution in [3.8, 4) is 0 Å². The van der Waals surface area contributed by atoms with Gasteiger partial charge in [0.1, 0.15) is 0 Å². The average Bonchev–Trinajstić information content (AvgIpc) is 3.39. The van der Waals surface area contributed by atoms with Gasteiger partial charge in [-0.05, 0) is 49.0 Å². The van der Waals surface area contributed by atoms with Crippen LogP contribution >= 0.6 is 12.4 Å². The Morgan fingerprint density at radius 3 is 2.45 bits per heavy atom. The summed E-state index contributed by atoms with van der Waals surface area (Å²) in [6, 6.07) is 10.9. The third-order valence-corrected chi connectivity index (χ3v) is 5.16. The SMILES string of the molecule is Cl.[2H]c1c([2H])c([2H])c(N(C(=O)c2ccco2)C2CCN(CCc3ccccc3)CC2)c([2H])c1[2H]. The summed E-state index contributed by atoms with van der Waals surface area (Å²) in [6.07, 6.45) is 3.58. The second-order valence-electron chi connectivity index (χ2n) is 6.93. The van der Waals surface area contributed by atoms with Crippen LogP contribution in [0.15, 0.2) is 83.4 Å². The van der Waals surface area contributed by atoms with Crippen LogP contribution in [0.5, 0.6) is 0 Å². The molecule has 4 nitrogen and oxygen atoms in total. The molecular formula is C24H27ClN2O2. The van der Waals surface area contributed by atoms with Crippen molar-refractivity contribution < 1.29 is 16.1 Å². The number of likely N-dealkylation sites (tertiary alicyclic amines) is 1. The van der Waals surface area contributed by atoms with Gasteiger partial charge in [-0.3, -0.25) is 4.79 Å². The molecule has 0 unspecified atom stereocenters. The van der Waals surface area contributed by atoms with E-state index in [1.807, 2.05) is 18.2 Å². The van der Waals surface area contributed by atoms with E-state index in [4.69, 9.17) is 11.3 Å². The van der Waals surface area contributed by atoms with Gasteiger partial charge in [-0.25, -0.2) is 0 Å². The van der Waals surface area contributed by atoms with Gasteiger partial charge in [0.25, 0.3) is 5.91 Å². The molecule has 29 heavy (non-hydrogen) atoms. The molecule has 2 aromatic carbocycles. The third kappa shape index (κ3) is 5.28. The molecule has 152 valence electrons. The van der Waals surface area contributed by atoms with Crippen LogP contribution in [0.25, 0.3) is 0 Å². The lowest BCUT2D eigenvalue weighted by atomic mass is 10.0. The Morgan fingerprint density at radius 1 is 1.07 bits per heavy atom. The lowest BCUT2D eigenvalue weighted by molar-refractivity contribution is 0.0933. The molecule has 1 aliphatic rings. The molecule has 1 saturated heterocycles. The van der Waals surface area contributed by atoms with Gasteiger partial charge in [-0.15, -0.1) is 12.4 Å². The van der Waals surface area contributed by atoms with Crippen molar-refractivity contribution in [3.05, 3.63) is 90.3 Å². The molecule has 0 bridgehead atoms. The van der Waals surface area contributed by atoms with Crippen LogP contribution in [0.4, 0.5) is 5.69 Å². The molecule has 0 N–H and O–H groups in total. The largest absolute Gasteiger partial charge is 0.459 e. The number of benzene rings is 2. The lowest BCUT2D eigenvalue weighted by Gasteiger charge is -2.38. The first kappa shape index (κ1) is 15.3. The number of carbonyl (C=O) groups excluding carboxylic acids is 1. The van der Waals surface area contributed by atoms with Gasteiger partial charge >= 0.3 is 0 Å². The number of piperidine rings is 1. The number of amides is 1. The Kier molecular flexibility index (Phi) is 5.43. The molecule has 0 saturated carbocycles. The van der Waals surface area contributed by atoms with Gasteiger partial charge in [0.15, 0.2) is 5.76 Å². The maximum absolute atomic E-state index is 13.4. The zero-order chi connectivity index (χ0) is 23.5. The van der Waals surface area contributed by atoms with Crippen LogP contribution < -0.4 is 4.90 Å². The zero-order valence-corrected chi connectivity index (χ0v) is 16.9. The molecule has 5 heteroatoms. The lowest BCUT2D eigenvalue weighted by Crippen LogP contribution is -2.48. The maximum Gasteiger partial charge on any atom is 0.294 e. The molecule has 3 aromatic rings. The second-order valence-corrected chi connectivity index (χ2v) is 6.93. The van der Waals surface area contributed by atoms with Gasteiger partial charge in [0.2, 0.25) is 0 Å². The minimum absolute atomic E-state index is 0. The summed E-state index contributed by atoms with van der Waals surface area (Å²) in [7, 11) is 0. The van der Waals surface area contributed by atoms with Crippen LogP contribution in [-0.4, -0.2) is 36.5 Å². The molecule has 0 spiro atoms. The highest BCUT2D eigenvalue weighted by Crippen LogP contribution is 2.26. The molecule has 0 aliphatic carbocycles. The van der Waals surface area contributed by atoms with Crippen LogP contribution in [-0.2, 0) is 6.42 Å². The molecule has 1 aliphatic heterocycles. The van der Waals surface area contributed by atoms with Crippen molar-refractivity contribution in [2.75, 3.05) is 24.5 Å². The number of anilines is 1. The number of nitrogens with zero attached hydrogens (tertiary/aromatic N) is 2. The van der Waals surface area contributed by atoms with Gasteiger partial charge in [0, 0.05) is 31.4 Å². The number of para-hydroxylation sites is 1. The Balaban J connectivity index is 0.00000324. The number of rotatable bonds is 6. The average molecular weight is 416 g/mol. The summed E-state index contributed by atoms with van der Waals surface area (Å²) in [4.78, 5) is 17.1. The van der Waals surface area contributed by atoms with E-state index in [2.05, 4.69) is 17.0 Å². The minimum atomic E-state index is -0.499. The molecule has 1 fully saturated rings. The second kappa shape index (κ2) is 10.3. The first-order chi connectivity index (χ1) is 15.9. The van der Waals surface area contributed by atoms with Crippen molar-refractivity contribution in [2.24, 2.45) is 0 Å². The number of hydrogen-bond donors (Lipinski definition) is 0. The van der Waals surface area contributed by atoms with Crippen LogP contribution in [0, 0.1) is 0 Å². The van der Waals surface area contributed by atoms with E-state index in [1.54, 1.807) is 6.07 Å². The fraction of sp³-hybridized carbons (Fsp3) is 0.292. The van der Waals surface area contributed by atoms with Crippen molar-refractivity contribution in [1.82, 2.24) is 4.90 Å². The molecule has 1 aromatic heterocycles. The smallest absolute Gasteiger partial charge is 0.294 e. The number of hydrogen-bond acceptors (Lipinski definition) is 3. The minimum Gasteiger partial charge on any atom is -0.459 e. The number of halogens is 1. The molecule has 0 radical (unpaired) electrons. The van der Waals surface area contributed by atoms with Gasteiger partial charge in [-0.2, -0.15) is 0 Å². The van der Waals surface area contributed by atoms with E-state index in [0.717, 1.165) is 26.1 Å². The Labute approximate surface area is 185 Å². The first-order valence-corrected chi connectivity index (χ1v) is 9.58. The third-order valence-electron chi connectivity index (χ3n) is 5.16. The monoisotopic (exact) mass is 415 g/mol. The highest BCUT2D eigenvalue weighted by molar-refractivity contribution is 6.04. The topological polar surface area (TPSA) is 36.7 Å². The predicted molar refractivity (Wildman–Crippen MR) is 119 cm³/mol. The number of carbonyl (C=O) groups is 1.